The molecule has 0 radical (unpaired) electrons. The van der Waals surface area contributed by atoms with Gasteiger partial charge in [-0.15, -0.1) is 0 Å². The van der Waals surface area contributed by atoms with Gasteiger partial charge in [-0.1, -0.05) is 36.7 Å². The van der Waals surface area contributed by atoms with Crippen molar-refractivity contribution in [3.8, 4) is 5.75 Å². The van der Waals surface area contributed by atoms with Crippen LogP contribution in [0, 0.1) is 11.8 Å². The lowest BCUT2D eigenvalue weighted by Gasteiger charge is -2.40. The molecule has 0 spiro atoms. The lowest BCUT2D eigenvalue weighted by molar-refractivity contribution is -0.201. The molecule has 3 aliphatic rings. The van der Waals surface area contributed by atoms with Crippen molar-refractivity contribution >= 4 is 30.5 Å². The van der Waals surface area contributed by atoms with E-state index in [0.717, 1.165) is 60.8 Å². The molecule has 2 saturated heterocycles. The fourth-order valence-corrected chi connectivity index (χ4v) is 7.48. The molecule has 0 amide bonds. The van der Waals surface area contributed by atoms with E-state index in [1.54, 1.807) is 0 Å². The third kappa shape index (κ3) is 9.38. The fraction of sp³-hybridized carbons (Fsp3) is 0.727. The minimum absolute atomic E-state index is 0.0507. The molecule has 9 heteroatoms. The Morgan fingerprint density at radius 2 is 1.67 bits per heavy atom. The van der Waals surface area contributed by atoms with Crippen molar-refractivity contribution in [1.82, 2.24) is 0 Å². The Morgan fingerprint density at radius 3 is 2.26 bits per heavy atom. The van der Waals surface area contributed by atoms with Gasteiger partial charge < -0.3 is 32.9 Å². The third-order valence-corrected chi connectivity index (χ3v) is 14.2. The van der Waals surface area contributed by atoms with E-state index in [-0.39, 0.29) is 41.7 Å². The minimum Gasteiger partial charge on any atom is -0.493 e. The topological polar surface area (TPSA) is 72.5 Å². The van der Waals surface area contributed by atoms with Crippen molar-refractivity contribution in [3.05, 3.63) is 40.6 Å². The van der Waals surface area contributed by atoms with E-state index in [1.165, 1.54) is 0 Å². The second kappa shape index (κ2) is 15.7. The van der Waals surface area contributed by atoms with Crippen molar-refractivity contribution in [2.75, 3.05) is 19.8 Å². The summed E-state index contributed by atoms with van der Waals surface area (Å²) in [5.74, 6) is 1.44. The highest BCUT2D eigenvalue weighted by atomic mass is 79.9. The van der Waals surface area contributed by atoms with Crippen molar-refractivity contribution in [2.24, 2.45) is 11.8 Å². The molecule has 0 bridgehead atoms. The van der Waals surface area contributed by atoms with E-state index in [1.807, 2.05) is 24.3 Å². The molecule has 3 fully saturated rings. The Balaban J connectivity index is 1.61. The van der Waals surface area contributed by atoms with Crippen LogP contribution >= 0.6 is 15.9 Å². The van der Waals surface area contributed by atoms with Crippen LogP contribution in [0.5, 0.6) is 5.75 Å². The molecule has 2 heterocycles. The molecule has 7 nitrogen and oxygen atoms in total. The van der Waals surface area contributed by atoms with Crippen LogP contribution in [-0.2, 0) is 28.2 Å². The Morgan fingerprint density at radius 1 is 1.00 bits per heavy atom. The second-order valence-corrected chi connectivity index (χ2v) is 19.0. The number of hydrogen-bond acceptors (Lipinski definition) is 7. The average Bonchev–Trinajstić information content (AvgIpc) is 3.27. The van der Waals surface area contributed by atoms with Gasteiger partial charge in [0, 0.05) is 42.2 Å². The van der Waals surface area contributed by atoms with Gasteiger partial charge in [-0.2, -0.15) is 0 Å². The average molecular weight is 668 g/mol. The smallest absolute Gasteiger partial charge is 0.199 e. The zero-order chi connectivity index (χ0) is 30.2. The number of hydrogen-bond donors (Lipinski definition) is 0. The van der Waals surface area contributed by atoms with E-state index in [4.69, 9.17) is 28.1 Å². The maximum atomic E-state index is 12.1. The molecule has 1 aromatic rings. The van der Waals surface area contributed by atoms with Crippen LogP contribution in [-0.4, -0.2) is 59.2 Å². The molecule has 1 aliphatic carbocycles. The zero-order valence-electron chi connectivity index (χ0n) is 26.1. The maximum absolute atomic E-state index is 12.1. The summed E-state index contributed by atoms with van der Waals surface area (Å²) < 4.78 is 39.5. The number of rotatable bonds is 13. The Bertz CT molecular complexity index is 997. The SMILES string of the molecule is CC(C)(C)[Si](C)(C)O[C@@H]1C[C@H](OC2CCCCO2)[C@H](C(=CCCOc2ccc(Br)cc2)OC2CCCCO2)[C@@H]1CC=O. The summed E-state index contributed by atoms with van der Waals surface area (Å²) in [6, 6.07) is 7.85. The van der Waals surface area contributed by atoms with Crippen molar-refractivity contribution < 1.29 is 32.9 Å². The lowest BCUT2D eigenvalue weighted by Crippen LogP contribution is -2.45. The molecule has 0 aromatic heterocycles. The van der Waals surface area contributed by atoms with Crippen LogP contribution in [0.1, 0.15) is 78.6 Å². The summed E-state index contributed by atoms with van der Waals surface area (Å²) >= 11 is 3.48. The molecular formula is C33H51BrO7Si. The highest BCUT2D eigenvalue weighted by molar-refractivity contribution is 9.10. The molecule has 236 valence electrons. The van der Waals surface area contributed by atoms with E-state index >= 15 is 0 Å². The van der Waals surface area contributed by atoms with Gasteiger partial charge in [0.15, 0.2) is 20.9 Å². The molecule has 6 atom stereocenters. The van der Waals surface area contributed by atoms with Gasteiger partial charge in [-0.25, -0.2) is 0 Å². The fourth-order valence-electron chi connectivity index (χ4n) is 5.83. The first-order valence-corrected chi connectivity index (χ1v) is 19.5. The summed E-state index contributed by atoms with van der Waals surface area (Å²) in [5, 5.41) is 0.0507. The number of carbonyl (C=O) groups excluding carboxylic acids is 1. The maximum Gasteiger partial charge on any atom is 0.199 e. The number of halogens is 1. The Hall–Kier alpha value is -1.23. The van der Waals surface area contributed by atoms with Gasteiger partial charge in [0.25, 0.3) is 0 Å². The molecule has 1 saturated carbocycles. The Labute approximate surface area is 262 Å². The first-order chi connectivity index (χ1) is 20.1. The van der Waals surface area contributed by atoms with Crippen LogP contribution in [0.3, 0.4) is 0 Å². The summed E-state index contributed by atoms with van der Waals surface area (Å²) in [6.45, 7) is 13.2. The third-order valence-electron chi connectivity index (χ3n) is 9.17. The molecule has 2 unspecified atom stereocenters. The van der Waals surface area contributed by atoms with Gasteiger partial charge in [0.1, 0.15) is 17.8 Å². The normalized spacial score (nSPS) is 29.3. The van der Waals surface area contributed by atoms with Gasteiger partial charge in [0.05, 0.1) is 25.4 Å². The van der Waals surface area contributed by atoms with E-state index in [2.05, 4.69) is 55.9 Å². The number of aldehydes is 1. The molecule has 42 heavy (non-hydrogen) atoms. The van der Waals surface area contributed by atoms with Crippen LogP contribution in [0.2, 0.25) is 18.1 Å². The van der Waals surface area contributed by atoms with E-state index < -0.39 is 8.32 Å². The van der Waals surface area contributed by atoms with Crippen LogP contribution in [0.15, 0.2) is 40.6 Å². The summed E-state index contributed by atoms with van der Waals surface area (Å²) in [5.41, 5.74) is 0. The predicted molar refractivity (Wildman–Crippen MR) is 170 cm³/mol. The second-order valence-electron chi connectivity index (χ2n) is 13.3. The van der Waals surface area contributed by atoms with Gasteiger partial charge in [0.2, 0.25) is 0 Å². The van der Waals surface area contributed by atoms with E-state index in [0.29, 0.717) is 39.1 Å². The van der Waals surface area contributed by atoms with Crippen LogP contribution in [0.25, 0.3) is 0 Å². The molecule has 2 aliphatic heterocycles. The molecule has 0 N–H and O–H groups in total. The highest BCUT2D eigenvalue weighted by Crippen LogP contribution is 2.47. The summed E-state index contributed by atoms with van der Waals surface area (Å²) in [6.07, 6.45) is 10.1. The minimum atomic E-state index is -2.11. The molecular weight excluding hydrogens is 616 g/mol. The molecule has 1 aromatic carbocycles. The quantitative estimate of drug-likeness (QED) is 0.0910. The van der Waals surface area contributed by atoms with Crippen molar-refractivity contribution in [1.29, 1.82) is 0 Å². The molecule has 4 rings (SSSR count). The van der Waals surface area contributed by atoms with Crippen molar-refractivity contribution in [3.63, 3.8) is 0 Å². The number of ether oxygens (including phenoxy) is 5. The highest BCUT2D eigenvalue weighted by Gasteiger charge is 2.51. The van der Waals surface area contributed by atoms with Crippen LogP contribution < -0.4 is 4.74 Å². The summed E-state index contributed by atoms with van der Waals surface area (Å²) in [7, 11) is -2.11. The van der Waals surface area contributed by atoms with Gasteiger partial charge in [-0.05, 0) is 87.0 Å². The standard InChI is InChI=1S/C33H51BrO7Si/c1-33(2,3)42(4,5)41-28-23-29(40-31-13-7-9-21-38-31)32(26(28)18-19-35)27(39-30-12-6-8-20-37-30)11-10-22-36-25-16-14-24(34)15-17-25/h11,14-17,19,26,28-32H,6-10,12-13,18,20-23H2,1-5H3/t26-,28-,29+,30?,31?,32+/m1/s1. The zero-order valence-corrected chi connectivity index (χ0v) is 28.7. The lowest BCUT2D eigenvalue weighted by atomic mass is 9.88. The first-order valence-electron chi connectivity index (χ1n) is 15.8. The first kappa shape index (κ1) is 33.7. The van der Waals surface area contributed by atoms with Gasteiger partial charge in [-0.3, -0.25) is 0 Å². The predicted octanol–water partition coefficient (Wildman–Crippen LogP) is 8.17. The van der Waals surface area contributed by atoms with Crippen molar-refractivity contribution in [2.45, 2.75) is 121 Å². The summed E-state index contributed by atoms with van der Waals surface area (Å²) in [4.78, 5) is 12.1. The number of benzene rings is 1. The Kier molecular flexibility index (Phi) is 12.6. The van der Waals surface area contributed by atoms with Gasteiger partial charge >= 0.3 is 0 Å². The van der Waals surface area contributed by atoms with Crippen LogP contribution in [0.4, 0.5) is 0 Å². The monoisotopic (exact) mass is 666 g/mol. The largest absolute Gasteiger partial charge is 0.493 e. The van der Waals surface area contributed by atoms with E-state index in [9.17, 15) is 4.79 Å². The number of carbonyl (C=O) groups is 1.